The van der Waals surface area contributed by atoms with E-state index in [9.17, 15) is 4.79 Å². The summed E-state index contributed by atoms with van der Waals surface area (Å²) in [6, 6.07) is 12.9. The molecule has 1 amide bonds. The van der Waals surface area contributed by atoms with Crippen molar-refractivity contribution in [3.63, 3.8) is 0 Å². The zero-order valence-electron chi connectivity index (χ0n) is 14.6. The number of rotatable bonds is 6. The normalized spacial score (nSPS) is 15.7. The van der Waals surface area contributed by atoms with Crippen LogP contribution in [-0.4, -0.2) is 21.7 Å². The molecule has 27 heavy (non-hydrogen) atoms. The van der Waals surface area contributed by atoms with Crippen molar-refractivity contribution in [3.05, 3.63) is 68.5 Å². The molecule has 0 N–H and O–H groups in total. The predicted molar refractivity (Wildman–Crippen MR) is 117 cm³/mol. The maximum absolute atomic E-state index is 12.6. The fourth-order valence-corrected chi connectivity index (χ4v) is 4.35. The number of nitrogens with zero attached hydrogens (tertiary/aromatic N) is 1. The van der Waals surface area contributed by atoms with Crippen LogP contribution in [0.5, 0.6) is 5.75 Å². The third-order valence-electron chi connectivity index (χ3n) is 3.92. The number of ether oxygens (including phenoxy) is 1. The lowest BCUT2D eigenvalue weighted by Gasteiger charge is -2.12. The van der Waals surface area contributed by atoms with Crippen molar-refractivity contribution in [2.45, 2.75) is 20.0 Å². The van der Waals surface area contributed by atoms with Crippen LogP contribution in [0.15, 0.2) is 47.4 Å². The summed E-state index contributed by atoms with van der Waals surface area (Å²) in [5.41, 5.74) is 1.66. The number of carbonyl (C=O) groups is 1. The largest absolute Gasteiger partial charge is 0.488 e. The summed E-state index contributed by atoms with van der Waals surface area (Å²) in [7, 11) is 0. The molecule has 0 radical (unpaired) electrons. The van der Waals surface area contributed by atoms with Crippen LogP contribution in [0, 0.1) is 0 Å². The summed E-state index contributed by atoms with van der Waals surface area (Å²) in [6.45, 7) is 2.96. The minimum Gasteiger partial charge on any atom is -0.488 e. The molecular weight excluding hydrogens is 421 g/mol. The Morgan fingerprint density at radius 2 is 2.00 bits per heavy atom. The number of hydrogen-bond acceptors (Lipinski definition) is 4. The molecule has 140 valence electrons. The molecule has 1 aliphatic rings. The van der Waals surface area contributed by atoms with Gasteiger partial charge in [0.15, 0.2) is 0 Å². The molecule has 1 heterocycles. The Kier molecular flexibility index (Phi) is 6.82. The fraction of sp³-hybridized carbons (Fsp3) is 0.200. The highest BCUT2D eigenvalue weighted by Crippen LogP contribution is 2.34. The lowest BCUT2D eigenvalue weighted by atomic mass is 10.1. The van der Waals surface area contributed by atoms with Gasteiger partial charge in [-0.2, -0.15) is 0 Å². The van der Waals surface area contributed by atoms with Gasteiger partial charge in [-0.3, -0.25) is 9.69 Å². The van der Waals surface area contributed by atoms with E-state index in [1.807, 2.05) is 43.3 Å². The second-order valence-electron chi connectivity index (χ2n) is 5.90. The van der Waals surface area contributed by atoms with Crippen molar-refractivity contribution >= 4 is 63.5 Å². The maximum atomic E-state index is 12.6. The molecule has 0 unspecified atom stereocenters. The van der Waals surface area contributed by atoms with Gasteiger partial charge in [0.05, 0.1) is 4.91 Å². The van der Waals surface area contributed by atoms with Crippen LogP contribution in [0.25, 0.3) is 6.08 Å². The number of amides is 1. The molecule has 0 aliphatic carbocycles. The minimum absolute atomic E-state index is 0.0533. The summed E-state index contributed by atoms with van der Waals surface area (Å²) in [6.07, 6.45) is 2.69. The van der Waals surface area contributed by atoms with E-state index in [0.717, 1.165) is 17.5 Å². The smallest absolute Gasteiger partial charge is 0.266 e. The van der Waals surface area contributed by atoms with Crippen molar-refractivity contribution in [2.75, 3.05) is 6.54 Å². The van der Waals surface area contributed by atoms with Crippen molar-refractivity contribution in [1.82, 2.24) is 4.90 Å². The van der Waals surface area contributed by atoms with Crippen molar-refractivity contribution < 1.29 is 9.53 Å². The second-order valence-corrected chi connectivity index (χ2v) is 8.41. The summed E-state index contributed by atoms with van der Waals surface area (Å²) in [5, 5.41) is 1.14. The molecule has 3 nitrogen and oxygen atoms in total. The van der Waals surface area contributed by atoms with Crippen LogP contribution in [0.2, 0.25) is 10.0 Å². The van der Waals surface area contributed by atoms with Gasteiger partial charge in [-0.15, -0.1) is 0 Å². The van der Waals surface area contributed by atoms with Gasteiger partial charge < -0.3 is 4.74 Å². The number of carbonyl (C=O) groups excluding carboxylic acids is 1. The maximum Gasteiger partial charge on any atom is 0.266 e. The first-order chi connectivity index (χ1) is 13.0. The van der Waals surface area contributed by atoms with E-state index in [1.54, 1.807) is 17.0 Å². The van der Waals surface area contributed by atoms with Crippen LogP contribution >= 0.6 is 47.2 Å². The Morgan fingerprint density at radius 1 is 1.22 bits per heavy atom. The summed E-state index contributed by atoms with van der Waals surface area (Å²) in [5.74, 6) is 0.617. The second kappa shape index (κ2) is 9.11. The van der Waals surface area contributed by atoms with Gasteiger partial charge in [0, 0.05) is 27.7 Å². The summed E-state index contributed by atoms with van der Waals surface area (Å²) >= 11 is 18.8. The Morgan fingerprint density at radius 3 is 2.74 bits per heavy atom. The van der Waals surface area contributed by atoms with E-state index < -0.39 is 0 Å². The third-order valence-corrected chi connectivity index (χ3v) is 5.89. The van der Waals surface area contributed by atoms with E-state index in [2.05, 4.69) is 0 Å². The number of benzene rings is 2. The number of para-hydroxylation sites is 1. The zero-order chi connectivity index (χ0) is 19.4. The number of thiocarbonyl (C=S) groups is 1. The van der Waals surface area contributed by atoms with Gasteiger partial charge in [-0.05, 0) is 30.7 Å². The Bertz CT molecular complexity index is 915. The van der Waals surface area contributed by atoms with Crippen molar-refractivity contribution in [1.29, 1.82) is 0 Å². The van der Waals surface area contributed by atoms with E-state index in [1.165, 1.54) is 11.8 Å². The number of thioether (sulfide) groups is 1. The number of halogens is 2. The molecule has 1 aliphatic heterocycles. The van der Waals surface area contributed by atoms with Crippen LogP contribution < -0.4 is 4.74 Å². The van der Waals surface area contributed by atoms with Gasteiger partial charge in [-0.25, -0.2) is 0 Å². The van der Waals surface area contributed by atoms with Gasteiger partial charge >= 0.3 is 0 Å². The van der Waals surface area contributed by atoms with E-state index >= 15 is 0 Å². The first kappa shape index (κ1) is 20.2. The van der Waals surface area contributed by atoms with Crippen LogP contribution in [-0.2, 0) is 11.4 Å². The topological polar surface area (TPSA) is 29.5 Å². The summed E-state index contributed by atoms with van der Waals surface area (Å²) < 4.78 is 6.55. The van der Waals surface area contributed by atoms with Gasteiger partial charge in [0.1, 0.15) is 16.7 Å². The lowest BCUT2D eigenvalue weighted by molar-refractivity contribution is -0.122. The van der Waals surface area contributed by atoms with E-state index in [0.29, 0.717) is 38.2 Å². The highest BCUT2D eigenvalue weighted by atomic mass is 35.5. The molecular formula is C20H17Cl2NO2S2. The Labute approximate surface area is 178 Å². The molecule has 0 aromatic heterocycles. The molecule has 1 fully saturated rings. The first-order valence-corrected chi connectivity index (χ1v) is 10.4. The Balaban J connectivity index is 1.80. The highest BCUT2D eigenvalue weighted by molar-refractivity contribution is 8.26. The highest BCUT2D eigenvalue weighted by Gasteiger charge is 2.31. The van der Waals surface area contributed by atoms with E-state index in [4.69, 9.17) is 40.2 Å². The average molecular weight is 438 g/mol. The summed E-state index contributed by atoms with van der Waals surface area (Å²) in [4.78, 5) is 14.8. The van der Waals surface area contributed by atoms with E-state index in [-0.39, 0.29) is 5.91 Å². The van der Waals surface area contributed by atoms with Gasteiger partial charge in [-0.1, -0.05) is 78.4 Å². The lowest BCUT2D eigenvalue weighted by Crippen LogP contribution is -2.28. The first-order valence-electron chi connectivity index (χ1n) is 8.40. The predicted octanol–water partition coefficient (Wildman–Crippen LogP) is 6.18. The minimum atomic E-state index is -0.0533. The molecule has 0 atom stereocenters. The van der Waals surface area contributed by atoms with Crippen molar-refractivity contribution in [3.8, 4) is 5.75 Å². The standard InChI is InChI=1S/C20H17Cl2NO2S2/c1-2-9-23-19(24)18(27-20(23)26)10-13-5-3-4-6-17(13)25-12-14-7-8-15(21)11-16(14)22/h3-8,10-11H,2,9,12H2,1H3/b18-10+. The fourth-order valence-electron chi connectivity index (χ4n) is 2.58. The monoisotopic (exact) mass is 437 g/mol. The SMILES string of the molecule is CCCN1C(=O)/C(=C\c2ccccc2OCc2ccc(Cl)cc2Cl)SC1=S. The van der Waals surface area contributed by atoms with Crippen molar-refractivity contribution in [2.24, 2.45) is 0 Å². The number of hydrogen-bond donors (Lipinski definition) is 0. The molecule has 1 saturated heterocycles. The van der Waals surface area contributed by atoms with Crippen LogP contribution in [0.3, 0.4) is 0 Å². The van der Waals surface area contributed by atoms with Crippen LogP contribution in [0.1, 0.15) is 24.5 Å². The third kappa shape index (κ3) is 4.85. The molecule has 2 aromatic rings. The molecule has 3 rings (SSSR count). The molecule has 7 heteroatoms. The van der Waals surface area contributed by atoms with Crippen LogP contribution in [0.4, 0.5) is 0 Å². The average Bonchev–Trinajstić information content (AvgIpc) is 2.90. The zero-order valence-corrected chi connectivity index (χ0v) is 17.7. The molecule has 2 aromatic carbocycles. The van der Waals surface area contributed by atoms with Gasteiger partial charge in [0.2, 0.25) is 0 Å². The Hall–Kier alpha value is -1.53. The molecule has 0 spiro atoms. The van der Waals surface area contributed by atoms with Gasteiger partial charge in [0.25, 0.3) is 5.91 Å². The molecule has 0 saturated carbocycles. The quantitative estimate of drug-likeness (QED) is 0.398. The molecule has 0 bridgehead atoms.